The first-order valence-electron chi connectivity index (χ1n) is 10.5. The topological polar surface area (TPSA) is 9.23 Å². The van der Waals surface area contributed by atoms with Crippen molar-refractivity contribution in [2.24, 2.45) is 11.8 Å². The molecule has 0 bridgehead atoms. The molecule has 2 aliphatic rings. The Balaban J connectivity index is 1.77. The lowest BCUT2D eigenvalue weighted by Gasteiger charge is -2.47. The van der Waals surface area contributed by atoms with Crippen molar-refractivity contribution in [3.63, 3.8) is 0 Å². The van der Waals surface area contributed by atoms with Gasteiger partial charge in [-0.3, -0.25) is 0 Å². The van der Waals surface area contributed by atoms with Gasteiger partial charge in [-0.15, -0.1) is 0 Å². The maximum absolute atomic E-state index is 13.0. The summed E-state index contributed by atoms with van der Waals surface area (Å²) in [6.45, 7) is 2.27. The fourth-order valence-corrected chi connectivity index (χ4v) is 5.52. The van der Waals surface area contributed by atoms with Crippen LogP contribution in [-0.4, -0.2) is 0 Å². The predicted molar refractivity (Wildman–Crippen MR) is 103 cm³/mol. The van der Waals surface area contributed by atoms with Crippen molar-refractivity contribution >= 4 is 0 Å². The molecular weight excluding hydrogens is 349 g/mol. The maximum atomic E-state index is 13.0. The van der Waals surface area contributed by atoms with Crippen LogP contribution < -0.4 is 4.74 Å². The van der Waals surface area contributed by atoms with Gasteiger partial charge in [0.2, 0.25) is 0 Å². The van der Waals surface area contributed by atoms with Gasteiger partial charge in [0.15, 0.2) is 0 Å². The molecule has 0 atom stereocenters. The molecule has 0 heterocycles. The third kappa shape index (κ3) is 4.70. The van der Waals surface area contributed by atoms with Crippen LogP contribution in [0.25, 0.3) is 0 Å². The van der Waals surface area contributed by atoms with Gasteiger partial charge in [0.05, 0.1) is 0 Å². The number of rotatable bonds is 6. The van der Waals surface area contributed by atoms with Gasteiger partial charge < -0.3 is 4.74 Å². The second-order valence-corrected chi connectivity index (χ2v) is 8.38. The zero-order chi connectivity index (χ0) is 19.3. The molecule has 0 aliphatic heterocycles. The van der Waals surface area contributed by atoms with Crippen LogP contribution in [0.3, 0.4) is 0 Å². The first-order valence-corrected chi connectivity index (χ1v) is 10.5. The predicted octanol–water partition coefficient (Wildman–Crippen LogP) is 7.91. The molecule has 2 aliphatic carbocycles. The van der Waals surface area contributed by atoms with E-state index in [9.17, 15) is 13.2 Å². The Kier molecular flexibility index (Phi) is 6.88. The molecule has 27 heavy (non-hydrogen) atoms. The van der Waals surface area contributed by atoms with Crippen LogP contribution >= 0.6 is 0 Å². The lowest BCUT2D eigenvalue weighted by molar-refractivity contribution is 0.125. The second kappa shape index (κ2) is 9.16. The standard InChI is InChI=1S/C23H31F3O/c1-2-6-17-7-9-18(10-8-17)23(15-4-3-5-16-23)19-11-13-20(14-12-19)27-22(26)21(24)25/h11-14,17-18H,2-10,15-16H2,1H3/t17-,18-. The number of benzene rings is 1. The average Bonchev–Trinajstić information content (AvgIpc) is 2.70. The molecule has 0 N–H and O–H groups in total. The largest absolute Gasteiger partial charge is 0.428 e. The fourth-order valence-electron chi connectivity index (χ4n) is 5.52. The van der Waals surface area contributed by atoms with E-state index in [-0.39, 0.29) is 11.2 Å². The Morgan fingerprint density at radius 1 is 0.963 bits per heavy atom. The van der Waals surface area contributed by atoms with Gasteiger partial charge >= 0.3 is 12.1 Å². The number of halogens is 3. The van der Waals surface area contributed by atoms with Crippen LogP contribution in [0.5, 0.6) is 5.75 Å². The lowest BCUT2D eigenvalue weighted by atomic mass is 9.57. The first-order chi connectivity index (χ1) is 13.0. The molecule has 0 amide bonds. The summed E-state index contributed by atoms with van der Waals surface area (Å²) in [5, 5.41) is 0. The Morgan fingerprint density at radius 3 is 2.15 bits per heavy atom. The molecule has 2 fully saturated rings. The Morgan fingerprint density at radius 2 is 1.59 bits per heavy atom. The van der Waals surface area contributed by atoms with Crippen molar-refractivity contribution in [3.8, 4) is 5.75 Å². The lowest BCUT2D eigenvalue weighted by Crippen LogP contribution is -2.39. The van der Waals surface area contributed by atoms with Gasteiger partial charge in [-0.2, -0.15) is 13.2 Å². The number of hydrogen-bond acceptors (Lipinski definition) is 1. The molecule has 4 heteroatoms. The average molecular weight is 380 g/mol. The minimum absolute atomic E-state index is 0.127. The summed E-state index contributed by atoms with van der Waals surface area (Å²) in [5.41, 5.74) is 1.46. The summed E-state index contributed by atoms with van der Waals surface area (Å²) in [7, 11) is 0. The van der Waals surface area contributed by atoms with E-state index >= 15 is 0 Å². The van der Waals surface area contributed by atoms with Crippen molar-refractivity contribution in [3.05, 3.63) is 41.9 Å². The van der Waals surface area contributed by atoms with Crippen LogP contribution in [0.15, 0.2) is 36.4 Å². The second-order valence-electron chi connectivity index (χ2n) is 8.38. The first kappa shape index (κ1) is 20.3. The quantitative estimate of drug-likeness (QED) is 0.456. The molecule has 2 saturated carbocycles. The van der Waals surface area contributed by atoms with Crippen LogP contribution in [-0.2, 0) is 5.41 Å². The molecule has 0 radical (unpaired) electrons. The summed E-state index contributed by atoms with van der Waals surface area (Å²) in [5.74, 6) is 1.70. The highest BCUT2D eigenvalue weighted by atomic mass is 19.3. The van der Waals surface area contributed by atoms with Crippen molar-refractivity contribution in [2.75, 3.05) is 0 Å². The molecule has 0 saturated heterocycles. The zero-order valence-corrected chi connectivity index (χ0v) is 16.3. The normalized spacial score (nSPS) is 25.0. The highest BCUT2D eigenvalue weighted by Gasteiger charge is 2.42. The van der Waals surface area contributed by atoms with Crippen LogP contribution in [0, 0.1) is 11.8 Å². The molecule has 150 valence electrons. The van der Waals surface area contributed by atoms with E-state index in [1.807, 2.05) is 12.1 Å². The van der Waals surface area contributed by atoms with E-state index in [1.165, 1.54) is 76.2 Å². The molecule has 3 rings (SSSR count). The number of ether oxygens (including phenoxy) is 1. The van der Waals surface area contributed by atoms with Gasteiger partial charge in [0, 0.05) is 0 Å². The van der Waals surface area contributed by atoms with Gasteiger partial charge in [0.25, 0.3) is 0 Å². The minimum atomic E-state index is -2.42. The Hall–Kier alpha value is -1.45. The highest BCUT2D eigenvalue weighted by Crippen LogP contribution is 2.51. The smallest absolute Gasteiger partial charge is 0.344 e. The van der Waals surface area contributed by atoms with Crippen molar-refractivity contribution < 1.29 is 17.9 Å². The zero-order valence-electron chi connectivity index (χ0n) is 16.3. The van der Waals surface area contributed by atoms with E-state index in [2.05, 4.69) is 11.7 Å². The SMILES string of the molecule is CCC[C@H]1CC[C@H](C2(c3ccc(OC(F)=C(F)F)cc3)CCCCC2)CC1. The van der Waals surface area contributed by atoms with E-state index in [1.54, 1.807) is 12.1 Å². The molecule has 0 spiro atoms. The van der Waals surface area contributed by atoms with Gasteiger partial charge in [-0.1, -0.05) is 64.0 Å². The molecule has 1 aromatic rings. The van der Waals surface area contributed by atoms with Crippen LogP contribution in [0.1, 0.15) is 83.1 Å². The van der Waals surface area contributed by atoms with Crippen LogP contribution in [0.4, 0.5) is 13.2 Å². The summed E-state index contributed by atoms with van der Waals surface area (Å²) >= 11 is 0. The monoisotopic (exact) mass is 380 g/mol. The van der Waals surface area contributed by atoms with Crippen molar-refractivity contribution in [1.29, 1.82) is 0 Å². The highest BCUT2D eigenvalue weighted by molar-refractivity contribution is 5.34. The Labute approximate surface area is 161 Å². The van der Waals surface area contributed by atoms with E-state index in [0.29, 0.717) is 5.92 Å². The van der Waals surface area contributed by atoms with Gasteiger partial charge in [-0.05, 0) is 60.6 Å². The summed E-state index contributed by atoms with van der Waals surface area (Å²) < 4.78 is 42.1. The van der Waals surface area contributed by atoms with Gasteiger partial charge in [0.1, 0.15) is 5.75 Å². The van der Waals surface area contributed by atoms with Crippen LogP contribution in [0.2, 0.25) is 0 Å². The van der Waals surface area contributed by atoms with Crippen molar-refractivity contribution in [2.45, 2.75) is 83.0 Å². The molecule has 0 unspecified atom stereocenters. The molecule has 1 aromatic carbocycles. The maximum Gasteiger partial charge on any atom is 0.344 e. The molecular formula is C23H31F3O. The minimum Gasteiger partial charge on any atom is -0.428 e. The third-order valence-electron chi connectivity index (χ3n) is 6.86. The van der Waals surface area contributed by atoms with E-state index < -0.39 is 12.1 Å². The van der Waals surface area contributed by atoms with Crippen molar-refractivity contribution in [1.82, 2.24) is 0 Å². The van der Waals surface area contributed by atoms with E-state index in [0.717, 1.165) is 5.92 Å². The number of hydrogen-bond donors (Lipinski definition) is 0. The fraction of sp³-hybridized carbons (Fsp3) is 0.652. The molecule has 1 nitrogen and oxygen atoms in total. The van der Waals surface area contributed by atoms with Gasteiger partial charge in [-0.25, -0.2) is 0 Å². The Bertz CT molecular complexity index is 620. The third-order valence-corrected chi connectivity index (χ3v) is 6.86. The summed E-state index contributed by atoms with van der Waals surface area (Å²) in [6.07, 6.45) is 11.6. The summed E-state index contributed by atoms with van der Waals surface area (Å²) in [4.78, 5) is 0. The molecule has 0 aromatic heterocycles. The van der Waals surface area contributed by atoms with E-state index in [4.69, 9.17) is 0 Å². The summed E-state index contributed by atoms with van der Waals surface area (Å²) in [6, 6.07) is 5.41.